The SMILES string of the molecule is O=C(c1cc(Cl)c[nH]1)N1CCCCC[C@H]1C[C@@H](O)c1ccco1. The van der Waals surface area contributed by atoms with Crippen molar-refractivity contribution in [2.24, 2.45) is 0 Å². The molecule has 6 heteroatoms. The van der Waals surface area contributed by atoms with Gasteiger partial charge in [0, 0.05) is 25.2 Å². The van der Waals surface area contributed by atoms with Crippen molar-refractivity contribution in [2.75, 3.05) is 6.54 Å². The number of aliphatic hydroxyl groups is 1. The summed E-state index contributed by atoms with van der Waals surface area (Å²) in [4.78, 5) is 17.6. The number of aromatic nitrogens is 1. The molecule has 5 nitrogen and oxygen atoms in total. The van der Waals surface area contributed by atoms with Crippen LogP contribution in [0.25, 0.3) is 0 Å². The van der Waals surface area contributed by atoms with Gasteiger partial charge < -0.3 is 19.4 Å². The topological polar surface area (TPSA) is 69.5 Å². The van der Waals surface area contributed by atoms with Crippen molar-refractivity contribution in [2.45, 2.75) is 44.2 Å². The molecule has 3 rings (SSSR count). The third-order valence-corrected chi connectivity index (χ3v) is 4.60. The second-order valence-corrected chi connectivity index (χ2v) is 6.44. The molecule has 1 aliphatic rings. The molecule has 2 aromatic heterocycles. The highest BCUT2D eigenvalue weighted by Crippen LogP contribution is 2.28. The molecule has 124 valence electrons. The molecule has 0 radical (unpaired) electrons. The minimum absolute atomic E-state index is 0.00724. The molecule has 0 spiro atoms. The lowest BCUT2D eigenvalue weighted by Crippen LogP contribution is -2.41. The van der Waals surface area contributed by atoms with E-state index in [4.69, 9.17) is 16.0 Å². The maximum absolute atomic E-state index is 12.8. The van der Waals surface area contributed by atoms with Gasteiger partial charge in [0.2, 0.25) is 0 Å². The summed E-state index contributed by atoms with van der Waals surface area (Å²) >= 11 is 5.91. The van der Waals surface area contributed by atoms with Crippen molar-refractivity contribution in [3.8, 4) is 0 Å². The highest BCUT2D eigenvalue weighted by atomic mass is 35.5. The minimum atomic E-state index is -0.698. The van der Waals surface area contributed by atoms with Gasteiger partial charge in [-0.25, -0.2) is 0 Å². The van der Waals surface area contributed by atoms with E-state index >= 15 is 0 Å². The van der Waals surface area contributed by atoms with Crippen LogP contribution in [0.3, 0.4) is 0 Å². The number of amides is 1. The predicted octanol–water partition coefficient (Wildman–Crippen LogP) is 3.77. The van der Waals surface area contributed by atoms with Crippen LogP contribution in [0.15, 0.2) is 35.1 Å². The molecule has 2 atom stereocenters. The maximum Gasteiger partial charge on any atom is 0.270 e. The summed E-state index contributed by atoms with van der Waals surface area (Å²) in [5, 5.41) is 10.9. The average Bonchev–Trinajstić information content (AvgIpc) is 3.16. The average molecular weight is 337 g/mol. The van der Waals surface area contributed by atoms with Gasteiger partial charge in [-0.05, 0) is 31.0 Å². The number of H-pyrrole nitrogens is 1. The van der Waals surface area contributed by atoms with Crippen LogP contribution < -0.4 is 0 Å². The Morgan fingerprint density at radius 3 is 3.04 bits per heavy atom. The molecule has 2 N–H and O–H groups in total. The molecule has 3 heterocycles. The van der Waals surface area contributed by atoms with Crippen LogP contribution in [0.5, 0.6) is 0 Å². The number of furan rings is 1. The smallest absolute Gasteiger partial charge is 0.270 e. The van der Waals surface area contributed by atoms with E-state index in [-0.39, 0.29) is 11.9 Å². The molecule has 1 saturated heterocycles. The first-order chi connectivity index (χ1) is 11.1. The lowest BCUT2D eigenvalue weighted by Gasteiger charge is -2.31. The van der Waals surface area contributed by atoms with Gasteiger partial charge in [-0.3, -0.25) is 4.79 Å². The Balaban J connectivity index is 1.75. The highest BCUT2D eigenvalue weighted by Gasteiger charge is 2.29. The molecule has 1 aliphatic heterocycles. The number of rotatable bonds is 4. The number of carbonyl (C=O) groups excluding carboxylic acids is 1. The molecule has 0 aromatic carbocycles. The van der Waals surface area contributed by atoms with Crippen molar-refractivity contribution < 1.29 is 14.3 Å². The Morgan fingerprint density at radius 2 is 2.35 bits per heavy atom. The van der Waals surface area contributed by atoms with Gasteiger partial charge in [-0.1, -0.05) is 24.4 Å². The quantitative estimate of drug-likeness (QED) is 0.892. The zero-order valence-electron chi connectivity index (χ0n) is 12.9. The third-order valence-electron chi connectivity index (χ3n) is 4.38. The number of halogens is 1. The Hall–Kier alpha value is -1.72. The van der Waals surface area contributed by atoms with E-state index in [0.29, 0.717) is 29.4 Å². The standard InChI is InChI=1S/C17H21ClN2O3/c18-12-9-14(19-11-12)17(22)20-7-3-1-2-5-13(20)10-15(21)16-6-4-8-23-16/h4,6,8-9,11,13,15,19,21H,1-3,5,7,10H2/t13-,15+/m0/s1. The Kier molecular flexibility index (Phi) is 5.08. The summed E-state index contributed by atoms with van der Waals surface area (Å²) in [7, 11) is 0. The van der Waals surface area contributed by atoms with E-state index < -0.39 is 6.10 Å². The number of hydrogen-bond acceptors (Lipinski definition) is 3. The van der Waals surface area contributed by atoms with E-state index in [1.54, 1.807) is 30.7 Å². The van der Waals surface area contributed by atoms with E-state index in [9.17, 15) is 9.90 Å². The Morgan fingerprint density at radius 1 is 1.48 bits per heavy atom. The van der Waals surface area contributed by atoms with Crippen LogP contribution in [0.1, 0.15) is 54.5 Å². The number of nitrogens with one attached hydrogen (secondary N) is 1. The van der Waals surface area contributed by atoms with E-state index in [0.717, 1.165) is 25.7 Å². The summed E-state index contributed by atoms with van der Waals surface area (Å²) in [6.07, 6.45) is 6.97. The number of aromatic amines is 1. The largest absolute Gasteiger partial charge is 0.467 e. The maximum atomic E-state index is 12.8. The molecule has 23 heavy (non-hydrogen) atoms. The monoisotopic (exact) mass is 336 g/mol. The molecule has 1 amide bonds. The Labute approximate surface area is 140 Å². The number of likely N-dealkylation sites (tertiary alicyclic amines) is 1. The summed E-state index contributed by atoms with van der Waals surface area (Å²) in [5.74, 6) is 0.486. The highest BCUT2D eigenvalue weighted by molar-refractivity contribution is 6.30. The zero-order valence-corrected chi connectivity index (χ0v) is 13.6. The number of carbonyl (C=O) groups is 1. The summed E-state index contributed by atoms with van der Waals surface area (Å²) in [5.41, 5.74) is 0.495. The first-order valence-corrected chi connectivity index (χ1v) is 8.39. The third kappa shape index (κ3) is 3.79. The fraction of sp³-hybridized carbons (Fsp3) is 0.471. The molecular weight excluding hydrogens is 316 g/mol. The lowest BCUT2D eigenvalue weighted by molar-refractivity contribution is 0.0553. The van der Waals surface area contributed by atoms with Crippen LogP contribution >= 0.6 is 11.6 Å². The fourth-order valence-corrected chi connectivity index (χ4v) is 3.35. The minimum Gasteiger partial charge on any atom is -0.467 e. The van der Waals surface area contributed by atoms with E-state index in [1.807, 2.05) is 4.90 Å². The molecular formula is C17H21ClN2O3. The van der Waals surface area contributed by atoms with Gasteiger partial charge in [-0.2, -0.15) is 0 Å². The summed E-state index contributed by atoms with van der Waals surface area (Å²) in [6.45, 7) is 0.699. The van der Waals surface area contributed by atoms with Crippen LogP contribution in [-0.4, -0.2) is 33.5 Å². The van der Waals surface area contributed by atoms with Crippen molar-refractivity contribution in [1.29, 1.82) is 0 Å². The first-order valence-electron chi connectivity index (χ1n) is 8.01. The summed E-state index contributed by atoms with van der Waals surface area (Å²) in [6, 6.07) is 5.16. The predicted molar refractivity (Wildman–Crippen MR) is 87.4 cm³/mol. The van der Waals surface area contributed by atoms with Crippen molar-refractivity contribution in [3.05, 3.63) is 47.1 Å². The van der Waals surface area contributed by atoms with Crippen LogP contribution in [0.4, 0.5) is 0 Å². The van der Waals surface area contributed by atoms with Crippen molar-refractivity contribution in [1.82, 2.24) is 9.88 Å². The lowest BCUT2D eigenvalue weighted by atomic mass is 10.0. The fourth-order valence-electron chi connectivity index (χ4n) is 3.19. The van der Waals surface area contributed by atoms with Gasteiger partial charge in [0.05, 0.1) is 11.3 Å². The van der Waals surface area contributed by atoms with Crippen LogP contribution in [-0.2, 0) is 0 Å². The summed E-state index contributed by atoms with van der Waals surface area (Å²) < 4.78 is 5.27. The second kappa shape index (κ2) is 7.23. The molecule has 2 aromatic rings. The number of aliphatic hydroxyl groups excluding tert-OH is 1. The molecule has 1 fully saturated rings. The van der Waals surface area contributed by atoms with Gasteiger partial charge >= 0.3 is 0 Å². The van der Waals surface area contributed by atoms with Gasteiger partial charge in [-0.15, -0.1) is 0 Å². The van der Waals surface area contributed by atoms with Crippen LogP contribution in [0, 0.1) is 0 Å². The van der Waals surface area contributed by atoms with Gasteiger partial charge in [0.25, 0.3) is 5.91 Å². The van der Waals surface area contributed by atoms with Gasteiger partial charge in [0.1, 0.15) is 17.6 Å². The van der Waals surface area contributed by atoms with Crippen LogP contribution in [0.2, 0.25) is 5.02 Å². The Bertz CT molecular complexity index is 638. The van der Waals surface area contributed by atoms with Crippen molar-refractivity contribution in [3.63, 3.8) is 0 Å². The van der Waals surface area contributed by atoms with Crippen molar-refractivity contribution >= 4 is 17.5 Å². The number of hydrogen-bond donors (Lipinski definition) is 2. The normalized spacial score (nSPS) is 20.3. The number of nitrogens with zero attached hydrogens (tertiary/aromatic N) is 1. The van der Waals surface area contributed by atoms with E-state index in [2.05, 4.69) is 4.98 Å². The van der Waals surface area contributed by atoms with E-state index in [1.165, 1.54) is 0 Å². The zero-order chi connectivity index (χ0) is 16.2. The second-order valence-electron chi connectivity index (χ2n) is 6.00. The van der Waals surface area contributed by atoms with Gasteiger partial charge in [0.15, 0.2) is 0 Å². The molecule has 0 unspecified atom stereocenters. The molecule has 0 aliphatic carbocycles. The molecule has 0 saturated carbocycles. The first kappa shape index (κ1) is 16.1. The molecule has 0 bridgehead atoms.